The molecule has 1 unspecified atom stereocenters. The maximum Gasteiger partial charge on any atom is 0.251 e. The molecule has 0 radical (unpaired) electrons. The molecule has 112 valence electrons. The summed E-state index contributed by atoms with van der Waals surface area (Å²) in [5, 5.41) is 7.20. The van der Waals surface area contributed by atoms with Gasteiger partial charge in [-0.15, -0.1) is 11.3 Å². The molecule has 0 saturated carbocycles. The maximum absolute atomic E-state index is 12.3. The summed E-state index contributed by atoms with van der Waals surface area (Å²) in [6.07, 6.45) is 1.83. The van der Waals surface area contributed by atoms with Gasteiger partial charge in [0.25, 0.3) is 5.91 Å². The molecule has 0 bridgehead atoms. The highest BCUT2D eigenvalue weighted by atomic mass is 32.1. The summed E-state index contributed by atoms with van der Waals surface area (Å²) in [4.78, 5) is 17.8. The molecule has 0 fully saturated rings. The van der Waals surface area contributed by atoms with E-state index in [2.05, 4.69) is 22.5 Å². The number of benzene rings is 1. The summed E-state index contributed by atoms with van der Waals surface area (Å²) in [6, 6.07) is 5.63. The number of nitrogens with zero attached hydrogens (tertiary/aromatic N) is 1. The van der Waals surface area contributed by atoms with Crippen LogP contribution in [-0.2, 0) is 0 Å². The molecule has 1 amide bonds. The first-order valence-corrected chi connectivity index (χ1v) is 7.90. The summed E-state index contributed by atoms with van der Waals surface area (Å²) < 4.78 is 0. The Hall–Kier alpha value is -1.88. The molecular formula is C16H21N3OS. The minimum atomic E-state index is -0.0788. The second kappa shape index (κ2) is 6.72. The van der Waals surface area contributed by atoms with E-state index in [9.17, 15) is 4.79 Å². The van der Waals surface area contributed by atoms with Crippen molar-refractivity contribution in [1.82, 2.24) is 10.3 Å². The van der Waals surface area contributed by atoms with E-state index in [0.29, 0.717) is 5.56 Å². The lowest BCUT2D eigenvalue weighted by atomic mass is 10.1. The van der Waals surface area contributed by atoms with Crippen molar-refractivity contribution >= 4 is 22.9 Å². The largest absolute Gasteiger partial charge is 0.385 e. The highest BCUT2D eigenvalue weighted by Crippen LogP contribution is 2.20. The molecule has 5 heteroatoms. The summed E-state index contributed by atoms with van der Waals surface area (Å²) in [7, 11) is 0. The number of thiazole rings is 1. The van der Waals surface area contributed by atoms with E-state index in [1.54, 1.807) is 11.3 Å². The van der Waals surface area contributed by atoms with Gasteiger partial charge in [0, 0.05) is 28.9 Å². The summed E-state index contributed by atoms with van der Waals surface area (Å²) in [5.74, 6) is -0.0681. The number of rotatable bonds is 5. The Labute approximate surface area is 129 Å². The zero-order valence-electron chi connectivity index (χ0n) is 12.9. The zero-order valence-corrected chi connectivity index (χ0v) is 13.7. The standard InChI is InChI=1S/C16H21N3OS/c1-5-17-14-7-6-13(8-10(14)2)15(20)19-12(4)16-18-9-11(3)21-16/h6-9,12,17H,5H2,1-4H3,(H,19,20). The topological polar surface area (TPSA) is 54.0 Å². The van der Waals surface area contributed by atoms with Crippen molar-refractivity contribution in [1.29, 1.82) is 0 Å². The lowest BCUT2D eigenvalue weighted by molar-refractivity contribution is 0.0940. The van der Waals surface area contributed by atoms with Crippen molar-refractivity contribution in [2.45, 2.75) is 33.7 Å². The second-order valence-electron chi connectivity index (χ2n) is 5.06. The molecule has 1 heterocycles. The molecular weight excluding hydrogens is 282 g/mol. The maximum atomic E-state index is 12.3. The third-order valence-electron chi connectivity index (χ3n) is 3.21. The number of aromatic nitrogens is 1. The first-order chi connectivity index (χ1) is 10.0. The first-order valence-electron chi connectivity index (χ1n) is 7.09. The van der Waals surface area contributed by atoms with Crippen LogP contribution in [-0.4, -0.2) is 17.4 Å². The van der Waals surface area contributed by atoms with Gasteiger partial charge in [0.2, 0.25) is 0 Å². The highest BCUT2D eigenvalue weighted by molar-refractivity contribution is 7.11. The molecule has 4 nitrogen and oxygen atoms in total. The highest BCUT2D eigenvalue weighted by Gasteiger charge is 2.14. The minimum absolute atomic E-state index is 0.0681. The van der Waals surface area contributed by atoms with Crippen LogP contribution in [0.15, 0.2) is 24.4 Å². The van der Waals surface area contributed by atoms with Crippen LogP contribution in [0.3, 0.4) is 0 Å². The van der Waals surface area contributed by atoms with Gasteiger partial charge >= 0.3 is 0 Å². The smallest absolute Gasteiger partial charge is 0.251 e. The van der Waals surface area contributed by atoms with E-state index in [0.717, 1.165) is 27.7 Å². The number of amides is 1. The Kier molecular flexibility index (Phi) is 4.96. The normalized spacial score (nSPS) is 12.0. The lowest BCUT2D eigenvalue weighted by Crippen LogP contribution is -2.26. The van der Waals surface area contributed by atoms with Crippen molar-refractivity contribution in [3.05, 3.63) is 45.4 Å². The SMILES string of the molecule is CCNc1ccc(C(=O)NC(C)c2ncc(C)s2)cc1C. The van der Waals surface area contributed by atoms with Crippen molar-refractivity contribution in [3.8, 4) is 0 Å². The Morgan fingerprint density at radius 3 is 2.71 bits per heavy atom. The summed E-state index contributed by atoms with van der Waals surface area (Å²) >= 11 is 1.61. The lowest BCUT2D eigenvalue weighted by Gasteiger charge is -2.13. The molecule has 0 aliphatic heterocycles. The Bertz CT molecular complexity index is 636. The van der Waals surface area contributed by atoms with Crippen molar-refractivity contribution in [2.75, 3.05) is 11.9 Å². The average Bonchev–Trinajstić information content (AvgIpc) is 2.88. The second-order valence-corrected chi connectivity index (χ2v) is 6.33. The average molecular weight is 303 g/mol. The first kappa shape index (κ1) is 15.5. The number of aryl methyl sites for hydroxylation is 2. The van der Waals surface area contributed by atoms with E-state index < -0.39 is 0 Å². The number of carbonyl (C=O) groups excluding carboxylic acids is 1. The van der Waals surface area contributed by atoms with Crippen LogP contribution in [0, 0.1) is 13.8 Å². The monoisotopic (exact) mass is 303 g/mol. The van der Waals surface area contributed by atoms with Gasteiger partial charge in [0.05, 0.1) is 6.04 Å². The predicted molar refractivity (Wildman–Crippen MR) is 88.1 cm³/mol. The van der Waals surface area contributed by atoms with Crippen LogP contribution in [0.4, 0.5) is 5.69 Å². The molecule has 21 heavy (non-hydrogen) atoms. The van der Waals surface area contributed by atoms with Gasteiger partial charge in [-0.2, -0.15) is 0 Å². The van der Waals surface area contributed by atoms with Crippen molar-refractivity contribution in [3.63, 3.8) is 0 Å². The van der Waals surface area contributed by atoms with Crippen molar-refractivity contribution < 1.29 is 4.79 Å². The summed E-state index contributed by atoms with van der Waals surface area (Å²) in [5.41, 5.74) is 2.81. The fourth-order valence-corrected chi connectivity index (χ4v) is 2.88. The number of hydrogen-bond donors (Lipinski definition) is 2. The van der Waals surface area contributed by atoms with Crippen LogP contribution in [0.25, 0.3) is 0 Å². The van der Waals surface area contributed by atoms with Gasteiger partial charge in [0.1, 0.15) is 5.01 Å². The van der Waals surface area contributed by atoms with Crippen LogP contribution in [0.2, 0.25) is 0 Å². The van der Waals surface area contributed by atoms with Crippen LogP contribution in [0.5, 0.6) is 0 Å². The van der Waals surface area contributed by atoms with Gasteiger partial charge < -0.3 is 10.6 Å². The number of anilines is 1. The van der Waals surface area contributed by atoms with Crippen LogP contribution < -0.4 is 10.6 Å². The van der Waals surface area contributed by atoms with Gasteiger partial charge in [-0.3, -0.25) is 4.79 Å². The number of carbonyl (C=O) groups is 1. The molecule has 0 aliphatic carbocycles. The van der Waals surface area contributed by atoms with E-state index >= 15 is 0 Å². The Balaban J connectivity index is 2.08. The molecule has 2 N–H and O–H groups in total. The van der Waals surface area contributed by atoms with E-state index in [1.807, 2.05) is 45.2 Å². The van der Waals surface area contributed by atoms with Crippen LogP contribution in [0.1, 0.15) is 45.7 Å². The Morgan fingerprint density at radius 2 is 2.14 bits per heavy atom. The molecule has 2 rings (SSSR count). The molecule has 1 atom stereocenters. The fourth-order valence-electron chi connectivity index (χ4n) is 2.11. The third-order valence-corrected chi connectivity index (χ3v) is 4.31. The molecule has 0 aliphatic rings. The van der Waals surface area contributed by atoms with Gasteiger partial charge in [-0.25, -0.2) is 4.98 Å². The number of hydrogen-bond acceptors (Lipinski definition) is 4. The minimum Gasteiger partial charge on any atom is -0.385 e. The number of nitrogens with one attached hydrogen (secondary N) is 2. The summed E-state index contributed by atoms with van der Waals surface area (Å²) in [6.45, 7) is 8.89. The van der Waals surface area contributed by atoms with Gasteiger partial charge in [-0.1, -0.05) is 0 Å². The zero-order chi connectivity index (χ0) is 15.4. The van der Waals surface area contributed by atoms with E-state index in [4.69, 9.17) is 0 Å². The van der Waals surface area contributed by atoms with E-state index in [-0.39, 0.29) is 11.9 Å². The molecule has 2 aromatic rings. The molecule has 1 aromatic carbocycles. The van der Waals surface area contributed by atoms with Crippen LogP contribution >= 0.6 is 11.3 Å². The predicted octanol–water partition coefficient (Wildman–Crippen LogP) is 3.68. The Morgan fingerprint density at radius 1 is 1.38 bits per heavy atom. The fraction of sp³-hybridized carbons (Fsp3) is 0.375. The van der Waals surface area contributed by atoms with E-state index in [1.165, 1.54) is 0 Å². The quantitative estimate of drug-likeness (QED) is 0.886. The van der Waals surface area contributed by atoms with Gasteiger partial charge in [-0.05, 0) is 51.5 Å². The van der Waals surface area contributed by atoms with Crippen molar-refractivity contribution in [2.24, 2.45) is 0 Å². The molecule has 0 spiro atoms. The molecule has 0 saturated heterocycles. The molecule has 1 aromatic heterocycles. The third kappa shape index (κ3) is 3.82. The van der Waals surface area contributed by atoms with Gasteiger partial charge in [0.15, 0.2) is 0 Å².